The maximum atomic E-state index is 12.5. The smallest absolute Gasteiger partial charge is 0.269 e. The van der Waals surface area contributed by atoms with Crippen LogP contribution in [0.2, 0.25) is 0 Å². The summed E-state index contributed by atoms with van der Waals surface area (Å²) in [4.78, 5) is 21.5. The molecule has 6 nitrogen and oxygen atoms in total. The normalized spacial score (nSPS) is 11.0. The van der Waals surface area contributed by atoms with Crippen LogP contribution in [0.4, 0.5) is 0 Å². The molecule has 0 bridgehead atoms. The van der Waals surface area contributed by atoms with E-state index in [1.54, 1.807) is 13.2 Å². The molecule has 0 aliphatic carbocycles. The zero-order chi connectivity index (χ0) is 18.8. The predicted octanol–water partition coefficient (Wildman–Crippen LogP) is 3.33. The van der Waals surface area contributed by atoms with Crippen molar-refractivity contribution in [2.24, 2.45) is 0 Å². The second-order valence-electron chi connectivity index (χ2n) is 6.31. The van der Waals surface area contributed by atoms with Gasteiger partial charge in [-0.05, 0) is 43.3 Å². The number of ether oxygens (including phenoxy) is 1. The molecule has 27 heavy (non-hydrogen) atoms. The minimum absolute atomic E-state index is 0.185. The standard InChI is InChI=1S/C21H20N4O2/c1-14-23-18-5-3-4-6-20(18)25(14)12-11-22-21(26)19-9-7-15-13-16(27-2)8-10-17(15)24-19/h3-10,13H,11-12H2,1-2H3,(H,22,26). The van der Waals surface area contributed by atoms with Crippen molar-refractivity contribution in [3.05, 3.63) is 66.1 Å². The minimum atomic E-state index is -0.185. The number of aromatic nitrogens is 3. The summed E-state index contributed by atoms with van der Waals surface area (Å²) < 4.78 is 7.32. The Bertz CT molecular complexity index is 1130. The van der Waals surface area contributed by atoms with Crippen LogP contribution >= 0.6 is 0 Å². The Balaban J connectivity index is 1.46. The first-order valence-corrected chi connectivity index (χ1v) is 8.80. The molecule has 0 atom stereocenters. The van der Waals surface area contributed by atoms with Crippen molar-refractivity contribution in [2.45, 2.75) is 13.5 Å². The third-order valence-electron chi connectivity index (χ3n) is 4.60. The summed E-state index contributed by atoms with van der Waals surface area (Å²) in [5, 5.41) is 3.88. The molecule has 0 radical (unpaired) electrons. The van der Waals surface area contributed by atoms with Gasteiger partial charge in [0.1, 0.15) is 17.3 Å². The van der Waals surface area contributed by atoms with Crippen molar-refractivity contribution in [3.8, 4) is 5.75 Å². The first kappa shape index (κ1) is 17.0. The first-order chi connectivity index (χ1) is 13.2. The van der Waals surface area contributed by atoms with E-state index in [0.717, 1.165) is 33.5 Å². The molecule has 0 spiro atoms. The number of imidazole rings is 1. The molecule has 2 heterocycles. The van der Waals surface area contributed by atoms with Gasteiger partial charge >= 0.3 is 0 Å². The van der Waals surface area contributed by atoms with Crippen molar-refractivity contribution in [1.82, 2.24) is 19.9 Å². The Morgan fingerprint density at radius 2 is 1.93 bits per heavy atom. The largest absolute Gasteiger partial charge is 0.497 e. The number of carbonyl (C=O) groups excluding carboxylic acids is 1. The summed E-state index contributed by atoms with van der Waals surface area (Å²) in [6.07, 6.45) is 0. The molecule has 1 amide bonds. The Hall–Kier alpha value is -3.41. The van der Waals surface area contributed by atoms with Crippen molar-refractivity contribution < 1.29 is 9.53 Å². The summed E-state index contributed by atoms with van der Waals surface area (Å²) in [5.74, 6) is 1.52. The highest BCUT2D eigenvalue weighted by atomic mass is 16.5. The molecular formula is C21H20N4O2. The number of benzene rings is 2. The monoisotopic (exact) mass is 360 g/mol. The molecule has 0 saturated carbocycles. The fraction of sp³-hybridized carbons (Fsp3) is 0.190. The van der Waals surface area contributed by atoms with Gasteiger partial charge in [-0.25, -0.2) is 9.97 Å². The lowest BCUT2D eigenvalue weighted by Crippen LogP contribution is -2.28. The van der Waals surface area contributed by atoms with Crippen LogP contribution in [0.15, 0.2) is 54.6 Å². The molecule has 0 aliphatic heterocycles. The van der Waals surface area contributed by atoms with E-state index in [1.165, 1.54) is 0 Å². The van der Waals surface area contributed by atoms with Gasteiger partial charge in [0.25, 0.3) is 5.91 Å². The third-order valence-corrected chi connectivity index (χ3v) is 4.60. The highest BCUT2D eigenvalue weighted by Gasteiger charge is 2.10. The molecule has 2 aromatic heterocycles. The average Bonchev–Trinajstić information content (AvgIpc) is 3.02. The summed E-state index contributed by atoms with van der Waals surface area (Å²) in [7, 11) is 1.63. The maximum Gasteiger partial charge on any atom is 0.269 e. The molecule has 1 N–H and O–H groups in total. The molecule has 6 heteroatoms. The van der Waals surface area contributed by atoms with Gasteiger partial charge in [0, 0.05) is 18.5 Å². The molecule has 0 unspecified atom stereocenters. The van der Waals surface area contributed by atoms with Crippen LogP contribution in [0.5, 0.6) is 5.75 Å². The van der Waals surface area contributed by atoms with Gasteiger partial charge in [0.15, 0.2) is 0 Å². The summed E-state index contributed by atoms with van der Waals surface area (Å²) >= 11 is 0. The Morgan fingerprint density at radius 3 is 2.78 bits per heavy atom. The van der Waals surface area contributed by atoms with Crippen LogP contribution in [0.1, 0.15) is 16.3 Å². The van der Waals surface area contributed by atoms with E-state index in [1.807, 2.05) is 55.5 Å². The summed E-state index contributed by atoms with van der Waals surface area (Å²) in [6, 6.07) is 17.2. The predicted molar refractivity (Wildman–Crippen MR) is 105 cm³/mol. The lowest BCUT2D eigenvalue weighted by molar-refractivity contribution is 0.0947. The number of para-hydroxylation sites is 2. The minimum Gasteiger partial charge on any atom is -0.497 e. The van der Waals surface area contributed by atoms with Gasteiger partial charge in [-0.15, -0.1) is 0 Å². The van der Waals surface area contributed by atoms with E-state index in [4.69, 9.17) is 4.74 Å². The quantitative estimate of drug-likeness (QED) is 0.593. The van der Waals surface area contributed by atoms with Crippen LogP contribution in [-0.4, -0.2) is 34.1 Å². The van der Waals surface area contributed by atoms with Gasteiger partial charge in [-0.2, -0.15) is 0 Å². The SMILES string of the molecule is COc1ccc2nc(C(=O)NCCn3c(C)nc4ccccc43)ccc2c1. The number of rotatable bonds is 5. The van der Waals surface area contributed by atoms with Crippen LogP contribution in [0, 0.1) is 6.92 Å². The molecule has 0 saturated heterocycles. The number of fused-ring (bicyclic) bond motifs is 2. The molecule has 0 aliphatic rings. The van der Waals surface area contributed by atoms with Crippen LogP contribution in [0.3, 0.4) is 0 Å². The Labute approximate surface area is 156 Å². The second kappa shape index (κ2) is 7.07. The Kier molecular flexibility index (Phi) is 4.46. The van der Waals surface area contributed by atoms with Crippen LogP contribution in [-0.2, 0) is 6.54 Å². The molecule has 4 rings (SSSR count). The Morgan fingerprint density at radius 1 is 1.07 bits per heavy atom. The topological polar surface area (TPSA) is 69.0 Å². The number of aryl methyl sites for hydroxylation is 1. The lowest BCUT2D eigenvalue weighted by atomic mass is 10.2. The molecule has 136 valence electrons. The van der Waals surface area contributed by atoms with E-state index in [9.17, 15) is 4.79 Å². The van der Waals surface area contributed by atoms with Crippen LogP contribution < -0.4 is 10.1 Å². The number of nitrogens with zero attached hydrogens (tertiary/aromatic N) is 3. The number of hydrogen-bond acceptors (Lipinski definition) is 4. The van der Waals surface area contributed by atoms with Crippen molar-refractivity contribution >= 4 is 27.8 Å². The summed E-state index contributed by atoms with van der Waals surface area (Å²) in [6.45, 7) is 3.13. The van der Waals surface area contributed by atoms with E-state index in [0.29, 0.717) is 18.8 Å². The highest BCUT2D eigenvalue weighted by molar-refractivity contribution is 5.95. The zero-order valence-electron chi connectivity index (χ0n) is 15.3. The number of methoxy groups -OCH3 is 1. The second-order valence-corrected chi connectivity index (χ2v) is 6.31. The van der Waals surface area contributed by atoms with E-state index < -0.39 is 0 Å². The lowest BCUT2D eigenvalue weighted by Gasteiger charge is -2.09. The van der Waals surface area contributed by atoms with Crippen molar-refractivity contribution in [1.29, 1.82) is 0 Å². The van der Waals surface area contributed by atoms with Gasteiger partial charge < -0.3 is 14.6 Å². The average molecular weight is 360 g/mol. The van der Waals surface area contributed by atoms with E-state index in [-0.39, 0.29) is 5.91 Å². The van der Waals surface area contributed by atoms with E-state index >= 15 is 0 Å². The van der Waals surface area contributed by atoms with Crippen molar-refractivity contribution in [3.63, 3.8) is 0 Å². The van der Waals surface area contributed by atoms with Gasteiger partial charge in [0.05, 0.1) is 23.7 Å². The van der Waals surface area contributed by atoms with Crippen LogP contribution in [0.25, 0.3) is 21.9 Å². The van der Waals surface area contributed by atoms with Gasteiger partial charge in [-0.3, -0.25) is 4.79 Å². The van der Waals surface area contributed by atoms with Gasteiger partial charge in [0.2, 0.25) is 0 Å². The number of hydrogen-bond donors (Lipinski definition) is 1. The van der Waals surface area contributed by atoms with Crippen molar-refractivity contribution in [2.75, 3.05) is 13.7 Å². The fourth-order valence-electron chi connectivity index (χ4n) is 3.21. The molecular weight excluding hydrogens is 340 g/mol. The maximum absolute atomic E-state index is 12.5. The van der Waals surface area contributed by atoms with Gasteiger partial charge in [-0.1, -0.05) is 18.2 Å². The molecule has 0 fully saturated rings. The molecule has 2 aromatic carbocycles. The van der Waals surface area contributed by atoms with E-state index in [2.05, 4.69) is 19.9 Å². The zero-order valence-corrected chi connectivity index (χ0v) is 15.3. The molecule has 4 aromatic rings. The number of amides is 1. The number of nitrogens with one attached hydrogen (secondary N) is 1. The fourth-order valence-corrected chi connectivity index (χ4v) is 3.21. The third kappa shape index (κ3) is 3.33. The highest BCUT2D eigenvalue weighted by Crippen LogP contribution is 2.19. The summed E-state index contributed by atoms with van der Waals surface area (Å²) in [5.41, 5.74) is 3.20. The number of carbonyl (C=O) groups is 1. The first-order valence-electron chi connectivity index (χ1n) is 8.80. The number of pyridine rings is 1.